The lowest BCUT2D eigenvalue weighted by molar-refractivity contribution is -0.152. The number of hydrogen-bond donors (Lipinski definition) is 1. The summed E-state index contributed by atoms with van der Waals surface area (Å²) in [5.74, 6) is -4.25. The normalized spacial score (nSPS) is 25.2. The molecule has 0 bridgehead atoms. The zero-order valence-electron chi connectivity index (χ0n) is 19.2. The summed E-state index contributed by atoms with van der Waals surface area (Å²) in [5, 5.41) is 10.4. The zero-order valence-corrected chi connectivity index (χ0v) is 19.2. The Balaban J connectivity index is 2.20. The number of aromatic hydroxyl groups is 1. The van der Waals surface area contributed by atoms with E-state index in [-0.39, 0.29) is 34.9 Å². The molecule has 1 aromatic carbocycles. The Kier molecular flexibility index (Phi) is 6.71. The van der Waals surface area contributed by atoms with Crippen molar-refractivity contribution in [3.05, 3.63) is 35.0 Å². The fourth-order valence-electron chi connectivity index (χ4n) is 4.64. The van der Waals surface area contributed by atoms with Crippen LogP contribution in [0.1, 0.15) is 45.6 Å². The minimum atomic E-state index is -0.959. The number of phenolic OH excluding ortho intramolecular Hbond substituents is 1. The summed E-state index contributed by atoms with van der Waals surface area (Å²) in [6, 6.07) is 4.74. The average molecular weight is 443 g/mol. The van der Waals surface area contributed by atoms with E-state index in [1.165, 1.54) is 20.3 Å². The SMILES string of the molecule is COC(=O)[C@H]1C(=O)C2C(=NC(C)=C(C(=O)OC(C)C)[C@H]2c2ccc(OC)c(O)c2)C[C@@H]1C. The van der Waals surface area contributed by atoms with Crippen molar-refractivity contribution in [3.63, 3.8) is 0 Å². The van der Waals surface area contributed by atoms with Crippen molar-refractivity contribution >= 4 is 23.4 Å². The smallest absolute Gasteiger partial charge is 0.336 e. The number of ketones is 1. The van der Waals surface area contributed by atoms with Gasteiger partial charge in [-0.1, -0.05) is 13.0 Å². The number of hydrogen-bond acceptors (Lipinski definition) is 8. The highest BCUT2D eigenvalue weighted by atomic mass is 16.5. The number of aliphatic imine (C=N–C) groups is 1. The number of esters is 2. The molecule has 8 heteroatoms. The molecule has 2 aliphatic rings. The molecular weight excluding hydrogens is 414 g/mol. The van der Waals surface area contributed by atoms with E-state index in [4.69, 9.17) is 14.2 Å². The van der Waals surface area contributed by atoms with Crippen molar-refractivity contribution in [1.82, 2.24) is 0 Å². The number of phenols is 1. The minimum absolute atomic E-state index is 0.121. The number of allylic oxidation sites excluding steroid dienone is 1. The molecule has 0 radical (unpaired) electrons. The highest BCUT2D eigenvalue weighted by molar-refractivity contribution is 6.17. The molecular formula is C24H29NO7. The van der Waals surface area contributed by atoms with E-state index in [1.54, 1.807) is 32.9 Å². The average Bonchev–Trinajstić information content (AvgIpc) is 2.71. The molecule has 1 unspecified atom stereocenters. The number of Topliss-reactive ketones (excluding diaryl/α,β-unsaturated/α-hetero) is 1. The lowest BCUT2D eigenvalue weighted by atomic mass is 9.63. The van der Waals surface area contributed by atoms with Crippen molar-refractivity contribution in [1.29, 1.82) is 0 Å². The van der Waals surface area contributed by atoms with Gasteiger partial charge in [0.05, 0.1) is 31.8 Å². The maximum Gasteiger partial charge on any atom is 0.336 e. The monoisotopic (exact) mass is 443 g/mol. The Labute approximate surface area is 187 Å². The van der Waals surface area contributed by atoms with E-state index in [9.17, 15) is 19.5 Å². The first-order valence-electron chi connectivity index (χ1n) is 10.6. The predicted molar refractivity (Wildman–Crippen MR) is 117 cm³/mol. The van der Waals surface area contributed by atoms with E-state index < -0.39 is 29.7 Å². The van der Waals surface area contributed by atoms with Gasteiger partial charge < -0.3 is 19.3 Å². The molecule has 1 heterocycles. The summed E-state index contributed by atoms with van der Waals surface area (Å²) >= 11 is 0. The fourth-order valence-corrected chi connectivity index (χ4v) is 4.64. The summed E-state index contributed by atoms with van der Waals surface area (Å²) in [7, 11) is 2.68. The van der Waals surface area contributed by atoms with Crippen LogP contribution in [0.5, 0.6) is 11.5 Å². The molecule has 1 aromatic rings. The number of carbonyl (C=O) groups excluding carboxylic acids is 3. The van der Waals surface area contributed by atoms with Gasteiger partial charge in [0.1, 0.15) is 5.92 Å². The van der Waals surface area contributed by atoms with Gasteiger partial charge in [0.2, 0.25) is 0 Å². The van der Waals surface area contributed by atoms with Gasteiger partial charge >= 0.3 is 11.9 Å². The quantitative estimate of drug-likeness (QED) is 0.549. The van der Waals surface area contributed by atoms with Crippen LogP contribution >= 0.6 is 0 Å². The van der Waals surface area contributed by atoms with Gasteiger partial charge in [-0.15, -0.1) is 0 Å². The van der Waals surface area contributed by atoms with Crippen LogP contribution in [-0.2, 0) is 23.9 Å². The molecule has 0 spiro atoms. The van der Waals surface area contributed by atoms with Gasteiger partial charge in [0, 0.05) is 17.3 Å². The van der Waals surface area contributed by atoms with Crippen LogP contribution in [0.4, 0.5) is 0 Å². The van der Waals surface area contributed by atoms with Crippen LogP contribution in [0, 0.1) is 17.8 Å². The molecule has 8 nitrogen and oxygen atoms in total. The van der Waals surface area contributed by atoms with Crippen LogP contribution in [0.15, 0.2) is 34.5 Å². The van der Waals surface area contributed by atoms with Crippen molar-refractivity contribution in [2.75, 3.05) is 14.2 Å². The summed E-state index contributed by atoms with van der Waals surface area (Å²) in [5.41, 5.74) is 1.84. The van der Waals surface area contributed by atoms with Crippen molar-refractivity contribution < 1.29 is 33.7 Å². The molecule has 0 aromatic heterocycles. The number of methoxy groups -OCH3 is 2. The number of carbonyl (C=O) groups is 3. The molecule has 172 valence electrons. The first kappa shape index (κ1) is 23.5. The molecule has 3 rings (SSSR count). The second-order valence-corrected chi connectivity index (χ2v) is 8.53. The molecule has 4 atom stereocenters. The third-order valence-corrected chi connectivity index (χ3v) is 6.00. The standard InChI is InChI=1S/C24H29NO7/c1-11(2)32-24(29)19-13(4)25-15-9-12(3)18(23(28)31-6)22(27)21(15)20(19)14-7-8-17(30-5)16(26)10-14/h7-8,10-12,18,20-21,26H,9H2,1-6H3/t12-,18+,20+,21?/m0/s1. The third kappa shape index (κ3) is 4.13. The van der Waals surface area contributed by atoms with E-state index >= 15 is 0 Å². The zero-order chi connectivity index (χ0) is 23.7. The van der Waals surface area contributed by atoms with Crippen molar-refractivity contribution in [2.45, 2.75) is 46.1 Å². The summed E-state index contributed by atoms with van der Waals surface area (Å²) in [6.45, 7) is 6.99. The van der Waals surface area contributed by atoms with E-state index in [0.29, 0.717) is 23.4 Å². The Morgan fingerprint density at radius 1 is 1.19 bits per heavy atom. The summed E-state index contributed by atoms with van der Waals surface area (Å²) < 4.78 is 15.5. The number of nitrogens with zero attached hydrogens (tertiary/aromatic N) is 1. The van der Waals surface area contributed by atoms with E-state index in [2.05, 4.69) is 4.99 Å². The van der Waals surface area contributed by atoms with Crippen LogP contribution in [0.25, 0.3) is 0 Å². The van der Waals surface area contributed by atoms with Crippen LogP contribution in [-0.4, -0.2) is 48.9 Å². The number of fused-ring (bicyclic) bond motifs is 1. The maximum atomic E-state index is 13.6. The molecule has 1 saturated carbocycles. The van der Waals surface area contributed by atoms with Crippen molar-refractivity contribution in [2.24, 2.45) is 22.7 Å². The lowest BCUT2D eigenvalue weighted by Gasteiger charge is -2.40. The van der Waals surface area contributed by atoms with Crippen LogP contribution in [0.3, 0.4) is 0 Å². The largest absolute Gasteiger partial charge is 0.504 e. The molecule has 1 fully saturated rings. The van der Waals surface area contributed by atoms with Gasteiger partial charge in [-0.05, 0) is 50.8 Å². The first-order valence-corrected chi connectivity index (χ1v) is 10.6. The Morgan fingerprint density at radius 3 is 2.44 bits per heavy atom. The fraction of sp³-hybridized carbons (Fsp3) is 0.500. The molecule has 1 aliphatic carbocycles. The first-order chi connectivity index (χ1) is 15.1. The van der Waals surface area contributed by atoms with Gasteiger partial charge in [0.15, 0.2) is 17.3 Å². The molecule has 0 saturated heterocycles. The summed E-state index contributed by atoms with van der Waals surface area (Å²) in [6.07, 6.45) is 0.0431. The number of rotatable bonds is 5. The third-order valence-electron chi connectivity index (χ3n) is 6.00. The second kappa shape index (κ2) is 9.14. The van der Waals surface area contributed by atoms with Crippen molar-refractivity contribution in [3.8, 4) is 11.5 Å². The van der Waals surface area contributed by atoms with E-state index in [1.807, 2.05) is 6.92 Å². The number of ether oxygens (including phenoxy) is 3. The topological polar surface area (TPSA) is 111 Å². The highest BCUT2D eigenvalue weighted by Crippen LogP contribution is 2.47. The predicted octanol–water partition coefficient (Wildman–Crippen LogP) is 3.18. The Hall–Kier alpha value is -3.16. The lowest BCUT2D eigenvalue weighted by Crippen LogP contribution is -2.48. The molecule has 1 aliphatic heterocycles. The van der Waals surface area contributed by atoms with Gasteiger partial charge in [-0.3, -0.25) is 14.6 Å². The Bertz CT molecular complexity index is 1010. The molecule has 0 amide bonds. The van der Waals surface area contributed by atoms with Gasteiger partial charge in [-0.25, -0.2) is 4.79 Å². The second-order valence-electron chi connectivity index (χ2n) is 8.53. The minimum Gasteiger partial charge on any atom is -0.504 e. The van der Waals surface area contributed by atoms with Crippen LogP contribution < -0.4 is 4.74 Å². The maximum absolute atomic E-state index is 13.6. The highest BCUT2D eigenvalue weighted by Gasteiger charge is 2.51. The summed E-state index contributed by atoms with van der Waals surface area (Å²) in [4.78, 5) is 43.7. The van der Waals surface area contributed by atoms with Crippen LogP contribution in [0.2, 0.25) is 0 Å². The molecule has 1 N–H and O–H groups in total. The molecule has 32 heavy (non-hydrogen) atoms. The van der Waals surface area contributed by atoms with Gasteiger partial charge in [0.25, 0.3) is 0 Å². The van der Waals surface area contributed by atoms with E-state index in [0.717, 1.165) is 0 Å². The van der Waals surface area contributed by atoms with Gasteiger partial charge in [-0.2, -0.15) is 0 Å². The number of benzene rings is 1. The Morgan fingerprint density at radius 2 is 1.88 bits per heavy atom.